The predicted molar refractivity (Wildman–Crippen MR) is 77.4 cm³/mol. The Bertz CT molecular complexity index is 619. The average Bonchev–Trinajstić information content (AvgIpc) is 2.39. The Balaban J connectivity index is 2.32. The van der Waals surface area contributed by atoms with Crippen molar-refractivity contribution < 1.29 is 9.90 Å². The van der Waals surface area contributed by atoms with Gasteiger partial charge >= 0.3 is 0 Å². The van der Waals surface area contributed by atoms with Crippen LogP contribution in [0.5, 0.6) is 5.75 Å². The summed E-state index contributed by atoms with van der Waals surface area (Å²) >= 11 is 0. The molecule has 0 aliphatic carbocycles. The number of amides is 1. The summed E-state index contributed by atoms with van der Waals surface area (Å²) in [6.07, 6.45) is 2.45. The number of hydrogen-bond acceptors (Lipinski definition) is 2. The molecule has 0 saturated carbocycles. The van der Waals surface area contributed by atoms with Gasteiger partial charge in [0.2, 0.25) is 0 Å². The summed E-state index contributed by atoms with van der Waals surface area (Å²) in [5.74, 6) is -0.237. The average molecular weight is 255 g/mol. The summed E-state index contributed by atoms with van der Waals surface area (Å²) in [5.41, 5.74) is 0.301. The van der Waals surface area contributed by atoms with Gasteiger partial charge in [-0.3, -0.25) is 4.79 Å². The van der Waals surface area contributed by atoms with Gasteiger partial charge in [-0.25, -0.2) is 0 Å². The number of phenolic OH excluding ortho intramolecular Hbond substituents is 1. The van der Waals surface area contributed by atoms with Crippen LogP contribution in [0.3, 0.4) is 0 Å². The Labute approximate surface area is 112 Å². The van der Waals surface area contributed by atoms with Gasteiger partial charge in [0.15, 0.2) is 0 Å². The molecule has 1 atom stereocenters. The van der Waals surface area contributed by atoms with Crippen molar-refractivity contribution in [2.75, 3.05) is 0 Å². The smallest absolute Gasteiger partial charge is 0.255 e. The van der Waals surface area contributed by atoms with E-state index in [1.54, 1.807) is 18.2 Å². The third-order valence-corrected chi connectivity index (χ3v) is 3.04. The normalized spacial score (nSPS) is 12.1. The standard InChI is InChI=1S/C16H17NO2/c1-3-6-11(2)17-16(19)14-10-9-12-7-4-5-8-13(12)15(14)18/h3-5,7-11,18H,1,6H2,2H3,(H,17,19). The number of carbonyl (C=O) groups is 1. The van der Waals surface area contributed by atoms with E-state index in [1.165, 1.54) is 0 Å². The Hall–Kier alpha value is -2.29. The molecular weight excluding hydrogens is 238 g/mol. The molecule has 2 rings (SSSR count). The maximum Gasteiger partial charge on any atom is 0.255 e. The topological polar surface area (TPSA) is 49.3 Å². The Kier molecular flexibility index (Phi) is 3.85. The molecule has 0 bridgehead atoms. The fourth-order valence-electron chi connectivity index (χ4n) is 2.05. The lowest BCUT2D eigenvalue weighted by molar-refractivity contribution is 0.0938. The molecule has 0 heterocycles. The zero-order valence-corrected chi connectivity index (χ0v) is 10.9. The van der Waals surface area contributed by atoms with Gasteiger partial charge in [0, 0.05) is 11.4 Å². The quantitative estimate of drug-likeness (QED) is 0.824. The van der Waals surface area contributed by atoms with Crippen LogP contribution in [-0.4, -0.2) is 17.1 Å². The van der Waals surface area contributed by atoms with Crippen molar-refractivity contribution in [2.24, 2.45) is 0 Å². The molecule has 3 nitrogen and oxygen atoms in total. The number of carbonyl (C=O) groups excluding carboxylic acids is 1. The fourth-order valence-corrected chi connectivity index (χ4v) is 2.05. The number of fused-ring (bicyclic) bond motifs is 1. The van der Waals surface area contributed by atoms with Crippen molar-refractivity contribution in [1.29, 1.82) is 0 Å². The van der Waals surface area contributed by atoms with Crippen molar-refractivity contribution in [3.8, 4) is 5.75 Å². The number of rotatable bonds is 4. The predicted octanol–water partition coefficient (Wildman–Crippen LogP) is 3.24. The summed E-state index contributed by atoms with van der Waals surface area (Å²) in [5, 5.41) is 14.6. The van der Waals surface area contributed by atoms with Crippen LogP contribution < -0.4 is 5.32 Å². The van der Waals surface area contributed by atoms with Crippen LogP contribution >= 0.6 is 0 Å². The van der Waals surface area contributed by atoms with E-state index in [4.69, 9.17) is 0 Å². The molecule has 1 amide bonds. The van der Waals surface area contributed by atoms with Crippen LogP contribution in [0.4, 0.5) is 0 Å². The minimum Gasteiger partial charge on any atom is -0.506 e. The molecule has 2 aromatic rings. The van der Waals surface area contributed by atoms with Crippen molar-refractivity contribution in [2.45, 2.75) is 19.4 Å². The van der Waals surface area contributed by atoms with E-state index in [0.717, 1.165) is 5.39 Å². The lowest BCUT2D eigenvalue weighted by Crippen LogP contribution is -2.32. The van der Waals surface area contributed by atoms with Gasteiger partial charge < -0.3 is 10.4 Å². The Morgan fingerprint density at radius 3 is 2.84 bits per heavy atom. The van der Waals surface area contributed by atoms with E-state index < -0.39 is 0 Å². The van der Waals surface area contributed by atoms with Gasteiger partial charge in [-0.2, -0.15) is 0 Å². The van der Waals surface area contributed by atoms with Gasteiger partial charge in [-0.05, 0) is 24.8 Å². The molecule has 0 aromatic heterocycles. The van der Waals surface area contributed by atoms with Crippen molar-refractivity contribution in [1.82, 2.24) is 5.32 Å². The monoisotopic (exact) mass is 255 g/mol. The van der Waals surface area contributed by atoms with Crippen LogP contribution in [0.2, 0.25) is 0 Å². The van der Waals surface area contributed by atoms with Crippen LogP contribution in [-0.2, 0) is 0 Å². The van der Waals surface area contributed by atoms with E-state index >= 15 is 0 Å². The molecular formula is C16H17NO2. The van der Waals surface area contributed by atoms with Crippen molar-refractivity contribution in [3.05, 3.63) is 54.6 Å². The molecule has 0 aliphatic heterocycles. The fraction of sp³-hybridized carbons (Fsp3) is 0.188. The molecule has 2 N–H and O–H groups in total. The lowest BCUT2D eigenvalue weighted by atomic mass is 10.0. The lowest BCUT2D eigenvalue weighted by Gasteiger charge is -2.13. The minimum absolute atomic E-state index is 0.00382. The Morgan fingerprint density at radius 1 is 1.37 bits per heavy atom. The second kappa shape index (κ2) is 5.57. The van der Waals surface area contributed by atoms with Crippen molar-refractivity contribution in [3.63, 3.8) is 0 Å². The molecule has 98 valence electrons. The second-order valence-corrected chi connectivity index (χ2v) is 4.58. The summed E-state index contributed by atoms with van der Waals surface area (Å²) in [7, 11) is 0. The SMILES string of the molecule is C=CCC(C)NC(=O)c1ccc2ccccc2c1O. The van der Waals surface area contributed by atoms with Gasteiger partial charge in [0.1, 0.15) is 5.75 Å². The van der Waals surface area contributed by atoms with Crippen molar-refractivity contribution >= 4 is 16.7 Å². The number of nitrogens with one attached hydrogen (secondary N) is 1. The third kappa shape index (κ3) is 2.76. The first-order valence-electron chi connectivity index (χ1n) is 6.26. The summed E-state index contributed by atoms with van der Waals surface area (Å²) in [6.45, 7) is 5.54. The van der Waals surface area contributed by atoms with Crippen LogP contribution in [0, 0.1) is 0 Å². The van der Waals surface area contributed by atoms with Gasteiger partial charge in [0.05, 0.1) is 5.56 Å². The van der Waals surface area contributed by atoms with Crippen LogP contribution in [0.1, 0.15) is 23.7 Å². The van der Waals surface area contributed by atoms with Gasteiger partial charge in [-0.1, -0.05) is 36.4 Å². The molecule has 1 unspecified atom stereocenters. The highest BCUT2D eigenvalue weighted by molar-refractivity contribution is 6.03. The molecule has 0 aliphatic rings. The number of aromatic hydroxyl groups is 1. The first kappa shape index (κ1) is 13.1. The molecule has 0 fully saturated rings. The first-order valence-corrected chi connectivity index (χ1v) is 6.26. The molecule has 19 heavy (non-hydrogen) atoms. The number of phenols is 1. The highest BCUT2D eigenvalue weighted by atomic mass is 16.3. The number of benzene rings is 2. The zero-order chi connectivity index (χ0) is 13.8. The minimum atomic E-state index is -0.266. The zero-order valence-electron chi connectivity index (χ0n) is 10.9. The largest absolute Gasteiger partial charge is 0.506 e. The molecule has 2 aromatic carbocycles. The Morgan fingerprint density at radius 2 is 2.11 bits per heavy atom. The summed E-state index contributed by atoms with van der Waals surface area (Å²) < 4.78 is 0. The maximum atomic E-state index is 12.1. The molecule has 0 saturated heterocycles. The summed E-state index contributed by atoms with van der Waals surface area (Å²) in [4.78, 5) is 12.1. The number of hydrogen-bond donors (Lipinski definition) is 2. The van der Waals surface area contributed by atoms with E-state index in [0.29, 0.717) is 17.4 Å². The van der Waals surface area contributed by atoms with Gasteiger partial charge in [0.25, 0.3) is 5.91 Å². The highest BCUT2D eigenvalue weighted by Crippen LogP contribution is 2.28. The van der Waals surface area contributed by atoms with Crippen LogP contribution in [0.15, 0.2) is 49.1 Å². The van der Waals surface area contributed by atoms with E-state index in [-0.39, 0.29) is 17.7 Å². The third-order valence-electron chi connectivity index (χ3n) is 3.04. The maximum absolute atomic E-state index is 12.1. The summed E-state index contributed by atoms with van der Waals surface area (Å²) in [6, 6.07) is 10.9. The molecule has 3 heteroatoms. The molecule has 0 radical (unpaired) electrons. The van der Waals surface area contributed by atoms with Crippen LogP contribution in [0.25, 0.3) is 10.8 Å². The van der Waals surface area contributed by atoms with E-state index in [9.17, 15) is 9.90 Å². The molecule has 0 spiro atoms. The second-order valence-electron chi connectivity index (χ2n) is 4.58. The van der Waals surface area contributed by atoms with Gasteiger partial charge in [-0.15, -0.1) is 6.58 Å². The van der Waals surface area contributed by atoms with E-state index in [1.807, 2.05) is 31.2 Å². The first-order chi connectivity index (χ1) is 9.13. The van der Waals surface area contributed by atoms with E-state index in [2.05, 4.69) is 11.9 Å². The highest BCUT2D eigenvalue weighted by Gasteiger charge is 2.14.